The van der Waals surface area contributed by atoms with Crippen LogP contribution in [0.3, 0.4) is 0 Å². The third kappa shape index (κ3) is 1.26. The Morgan fingerprint density at radius 1 is 1.54 bits per heavy atom. The number of aromatic amines is 1. The second kappa shape index (κ2) is 3.09. The van der Waals surface area contributed by atoms with Crippen LogP contribution in [0.15, 0.2) is 18.3 Å². The van der Waals surface area contributed by atoms with Crippen LogP contribution in [0.5, 0.6) is 5.88 Å². The van der Waals surface area contributed by atoms with E-state index in [0.29, 0.717) is 5.88 Å². The molecule has 2 rings (SSSR count). The Morgan fingerprint density at radius 3 is 3.08 bits per heavy atom. The number of nitrogens with zero attached hydrogens (tertiary/aromatic N) is 1. The first-order chi connectivity index (χ1) is 6.35. The molecule has 0 aliphatic heterocycles. The predicted molar refractivity (Wildman–Crippen MR) is 52.0 cm³/mol. The van der Waals surface area contributed by atoms with Crippen LogP contribution in [0.2, 0.25) is 0 Å². The van der Waals surface area contributed by atoms with Gasteiger partial charge in [-0.15, -0.1) is 0 Å². The summed E-state index contributed by atoms with van der Waals surface area (Å²) in [6.07, 6.45) is 2.76. The lowest BCUT2D eigenvalue weighted by atomic mass is 10.3. The van der Waals surface area contributed by atoms with Gasteiger partial charge in [-0.05, 0) is 18.6 Å². The van der Waals surface area contributed by atoms with E-state index >= 15 is 0 Å². The number of hydrogen-bond donors (Lipinski definition) is 1. The third-order valence-corrected chi connectivity index (χ3v) is 2.14. The Labute approximate surface area is 76.8 Å². The number of fused-ring (bicyclic) bond motifs is 1. The standard InChI is InChI=1S/C10H12N2O/c1-3-8-6-7-4-5-11-10(13-2)9(7)12-8/h4-6,12H,3H2,1-2H3. The minimum absolute atomic E-state index is 0.664. The molecule has 0 aliphatic rings. The van der Waals surface area contributed by atoms with Crippen molar-refractivity contribution < 1.29 is 4.74 Å². The maximum atomic E-state index is 5.14. The van der Waals surface area contributed by atoms with E-state index in [-0.39, 0.29) is 0 Å². The molecular formula is C10H12N2O. The van der Waals surface area contributed by atoms with Gasteiger partial charge < -0.3 is 9.72 Å². The fourth-order valence-corrected chi connectivity index (χ4v) is 1.43. The molecule has 13 heavy (non-hydrogen) atoms. The second-order valence-electron chi connectivity index (χ2n) is 2.93. The topological polar surface area (TPSA) is 37.9 Å². The number of hydrogen-bond acceptors (Lipinski definition) is 2. The van der Waals surface area contributed by atoms with E-state index in [2.05, 4.69) is 23.0 Å². The fourth-order valence-electron chi connectivity index (χ4n) is 1.43. The molecule has 0 aliphatic carbocycles. The number of rotatable bonds is 2. The van der Waals surface area contributed by atoms with Crippen LogP contribution in [0.1, 0.15) is 12.6 Å². The smallest absolute Gasteiger partial charge is 0.238 e. The van der Waals surface area contributed by atoms with Gasteiger partial charge in [0.25, 0.3) is 0 Å². The monoisotopic (exact) mass is 176 g/mol. The quantitative estimate of drug-likeness (QED) is 0.761. The Morgan fingerprint density at radius 2 is 2.38 bits per heavy atom. The molecule has 68 valence electrons. The summed E-state index contributed by atoms with van der Waals surface area (Å²) < 4.78 is 5.14. The molecule has 2 heterocycles. The highest BCUT2D eigenvalue weighted by Gasteiger charge is 2.04. The molecule has 0 saturated heterocycles. The molecule has 0 saturated carbocycles. The number of ether oxygens (including phenoxy) is 1. The van der Waals surface area contributed by atoms with E-state index in [4.69, 9.17) is 4.74 Å². The summed E-state index contributed by atoms with van der Waals surface area (Å²) in [6.45, 7) is 2.12. The zero-order valence-electron chi connectivity index (χ0n) is 7.79. The first-order valence-corrected chi connectivity index (χ1v) is 4.35. The number of aromatic nitrogens is 2. The summed E-state index contributed by atoms with van der Waals surface area (Å²) in [6, 6.07) is 4.10. The normalized spacial score (nSPS) is 10.6. The molecule has 0 fully saturated rings. The minimum Gasteiger partial charge on any atom is -0.479 e. The van der Waals surface area contributed by atoms with Crippen molar-refractivity contribution in [2.75, 3.05) is 7.11 Å². The molecule has 0 spiro atoms. The highest BCUT2D eigenvalue weighted by Crippen LogP contribution is 2.22. The fraction of sp³-hybridized carbons (Fsp3) is 0.300. The van der Waals surface area contributed by atoms with Crippen molar-refractivity contribution in [1.82, 2.24) is 9.97 Å². The SMILES string of the molecule is CCc1cc2ccnc(OC)c2[nH]1. The first-order valence-electron chi connectivity index (χ1n) is 4.35. The number of pyridine rings is 1. The van der Waals surface area contributed by atoms with Gasteiger partial charge in [0.1, 0.15) is 5.52 Å². The van der Waals surface area contributed by atoms with Crippen molar-refractivity contribution in [2.45, 2.75) is 13.3 Å². The highest BCUT2D eigenvalue weighted by atomic mass is 16.5. The van der Waals surface area contributed by atoms with Crippen LogP contribution < -0.4 is 4.74 Å². The van der Waals surface area contributed by atoms with Gasteiger partial charge in [0.05, 0.1) is 7.11 Å². The van der Waals surface area contributed by atoms with Gasteiger partial charge in [-0.3, -0.25) is 0 Å². The number of H-pyrrole nitrogens is 1. The van der Waals surface area contributed by atoms with Gasteiger partial charge in [-0.25, -0.2) is 4.98 Å². The molecule has 3 heteroatoms. The molecule has 0 bridgehead atoms. The summed E-state index contributed by atoms with van der Waals surface area (Å²) >= 11 is 0. The maximum absolute atomic E-state index is 5.14. The Hall–Kier alpha value is -1.51. The van der Waals surface area contributed by atoms with E-state index < -0.39 is 0 Å². The summed E-state index contributed by atoms with van der Waals surface area (Å²) in [5, 5.41) is 1.16. The van der Waals surface area contributed by atoms with Gasteiger partial charge in [-0.2, -0.15) is 0 Å². The molecule has 2 aromatic heterocycles. The Kier molecular flexibility index (Phi) is 1.93. The van der Waals surface area contributed by atoms with Crippen LogP contribution in [0.25, 0.3) is 10.9 Å². The lowest BCUT2D eigenvalue weighted by Gasteiger charge is -1.98. The van der Waals surface area contributed by atoms with E-state index in [9.17, 15) is 0 Å². The Bertz CT molecular complexity index is 420. The van der Waals surface area contributed by atoms with Crippen LogP contribution in [-0.2, 0) is 6.42 Å². The van der Waals surface area contributed by atoms with Crippen molar-refractivity contribution in [2.24, 2.45) is 0 Å². The summed E-state index contributed by atoms with van der Waals surface area (Å²) in [5.41, 5.74) is 2.20. The van der Waals surface area contributed by atoms with Crippen molar-refractivity contribution >= 4 is 10.9 Å². The molecular weight excluding hydrogens is 164 g/mol. The van der Waals surface area contributed by atoms with E-state index in [1.54, 1.807) is 13.3 Å². The molecule has 0 aromatic carbocycles. The van der Waals surface area contributed by atoms with E-state index in [1.807, 2.05) is 6.07 Å². The molecule has 2 aromatic rings. The van der Waals surface area contributed by atoms with Crippen LogP contribution >= 0.6 is 0 Å². The molecule has 3 nitrogen and oxygen atoms in total. The lowest BCUT2D eigenvalue weighted by molar-refractivity contribution is 0.402. The highest BCUT2D eigenvalue weighted by molar-refractivity contribution is 5.84. The molecule has 0 amide bonds. The second-order valence-corrected chi connectivity index (χ2v) is 2.93. The van der Waals surface area contributed by atoms with Crippen LogP contribution in [0.4, 0.5) is 0 Å². The van der Waals surface area contributed by atoms with Gasteiger partial charge in [-0.1, -0.05) is 6.92 Å². The van der Waals surface area contributed by atoms with Gasteiger partial charge in [0.15, 0.2) is 0 Å². The summed E-state index contributed by atoms with van der Waals surface area (Å²) in [5.74, 6) is 0.664. The van der Waals surface area contributed by atoms with Gasteiger partial charge >= 0.3 is 0 Å². The number of nitrogens with one attached hydrogen (secondary N) is 1. The van der Waals surface area contributed by atoms with E-state index in [1.165, 1.54) is 5.69 Å². The number of methoxy groups -OCH3 is 1. The van der Waals surface area contributed by atoms with Gasteiger partial charge in [0, 0.05) is 17.3 Å². The largest absolute Gasteiger partial charge is 0.479 e. The van der Waals surface area contributed by atoms with Crippen LogP contribution in [-0.4, -0.2) is 17.1 Å². The van der Waals surface area contributed by atoms with Crippen molar-refractivity contribution in [3.8, 4) is 5.88 Å². The van der Waals surface area contributed by atoms with Crippen molar-refractivity contribution in [1.29, 1.82) is 0 Å². The van der Waals surface area contributed by atoms with Crippen molar-refractivity contribution in [3.63, 3.8) is 0 Å². The third-order valence-electron chi connectivity index (χ3n) is 2.14. The zero-order chi connectivity index (χ0) is 9.26. The van der Waals surface area contributed by atoms with Crippen molar-refractivity contribution in [3.05, 3.63) is 24.0 Å². The molecule has 0 atom stereocenters. The maximum Gasteiger partial charge on any atom is 0.238 e. The summed E-state index contributed by atoms with van der Waals surface area (Å²) in [7, 11) is 1.63. The van der Waals surface area contributed by atoms with Crippen LogP contribution in [0, 0.1) is 0 Å². The average Bonchev–Trinajstić information content (AvgIpc) is 2.59. The minimum atomic E-state index is 0.664. The number of aryl methyl sites for hydroxylation is 1. The Balaban J connectivity index is 2.67. The summed E-state index contributed by atoms with van der Waals surface area (Å²) in [4.78, 5) is 7.40. The molecule has 1 N–H and O–H groups in total. The predicted octanol–water partition coefficient (Wildman–Crippen LogP) is 2.13. The molecule has 0 radical (unpaired) electrons. The first kappa shape index (κ1) is 8.10. The van der Waals surface area contributed by atoms with E-state index in [0.717, 1.165) is 17.3 Å². The zero-order valence-corrected chi connectivity index (χ0v) is 7.79. The molecule has 0 unspecified atom stereocenters. The van der Waals surface area contributed by atoms with Gasteiger partial charge in [0.2, 0.25) is 5.88 Å². The average molecular weight is 176 g/mol. The lowest BCUT2D eigenvalue weighted by Crippen LogP contribution is -1.87.